The minimum absolute atomic E-state index is 0.242. The minimum atomic E-state index is -0.317. The van der Waals surface area contributed by atoms with Crippen molar-refractivity contribution in [1.29, 1.82) is 0 Å². The second-order valence-corrected chi connectivity index (χ2v) is 13.7. The fraction of sp³-hybridized carbons (Fsp3) is 0.372. The highest BCUT2D eigenvalue weighted by molar-refractivity contribution is 6.08. The van der Waals surface area contributed by atoms with Gasteiger partial charge in [0.15, 0.2) is 0 Å². The summed E-state index contributed by atoms with van der Waals surface area (Å²) < 4.78 is 17.6. The van der Waals surface area contributed by atoms with Gasteiger partial charge in [-0.2, -0.15) is 0 Å². The lowest BCUT2D eigenvalue weighted by Gasteiger charge is -2.35. The number of amides is 3. The van der Waals surface area contributed by atoms with E-state index >= 15 is 0 Å². The Labute approximate surface area is 313 Å². The Morgan fingerprint density at radius 1 is 0.792 bits per heavy atom. The van der Waals surface area contributed by atoms with E-state index in [1.54, 1.807) is 54.4 Å². The van der Waals surface area contributed by atoms with Gasteiger partial charge in [0.1, 0.15) is 23.9 Å². The zero-order valence-electron chi connectivity index (χ0n) is 31.6. The first-order valence-corrected chi connectivity index (χ1v) is 18.3. The third kappa shape index (κ3) is 10.8. The van der Waals surface area contributed by atoms with Crippen LogP contribution >= 0.6 is 0 Å². The summed E-state index contributed by atoms with van der Waals surface area (Å²) in [5.74, 6) is 1.31. The van der Waals surface area contributed by atoms with E-state index in [0.717, 1.165) is 56.3 Å². The van der Waals surface area contributed by atoms with Crippen molar-refractivity contribution in [1.82, 2.24) is 9.80 Å². The number of anilines is 2. The molecule has 10 nitrogen and oxygen atoms in total. The van der Waals surface area contributed by atoms with Gasteiger partial charge in [0.2, 0.25) is 5.91 Å². The molecule has 1 N–H and O–H groups in total. The van der Waals surface area contributed by atoms with Crippen molar-refractivity contribution in [2.45, 2.75) is 58.1 Å². The molecule has 1 heterocycles. The lowest BCUT2D eigenvalue weighted by molar-refractivity contribution is -0.132. The first-order chi connectivity index (χ1) is 25.6. The van der Waals surface area contributed by atoms with Crippen LogP contribution in [0.3, 0.4) is 0 Å². The number of ether oxygens (including phenoxy) is 3. The Balaban J connectivity index is 1.12. The first kappa shape index (κ1) is 38.9. The molecule has 1 fully saturated rings. The number of rotatable bonds is 16. The van der Waals surface area contributed by atoms with Crippen LogP contribution in [0.15, 0.2) is 91.0 Å². The Kier molecular flexibility index (Phi) is 13.9. The van der Waals surface area contributed by atoms with E-state index in [2.05, 4.69) is 24.3 Å². The number of hydrogen-bond donors (Lipinski definition) is 1. The fourth-order valence-electron chi connectivity index (χ4n) is 6.41. The highest BCUT2D eigenvalue weighted by Crippen LogP contribution is 2.32. The molecule has 0 spiro atoms. The molecule has 5 rings (SSSR count). The molecular weight excluding hydrogens is 668 g/mol. The maximum Gasteiger partial charge on any atom is 0.258 e. The van der Waals surface area contributed by atoms with Gasteiger partial charge < -0.3 is 34.2 Å². The van der Waals surface area contributed by atoms with Gasteiger partial charge >= 0.3 is 0 Å². The number of unbranched alkanes of at least 4 members (excludes halogenated alkanes) is 2. The summed E-state index contributed by atoms with van der Waals surface area (Å²) in [6, 6.07) is 28.1. The van der Waals surface area contributed by atoms with E-state index in [4.69, 9.17) is 14.2 Å². The average Bonchev–Trinajstić information content (AvgIpc) is 3.18. The van der Waals surface area contributed by atoms with Crippen molar-refractivity contribution in [3.63, 3.8) is 0 Å². The summed E-state index contributed by atoms with van der Waals surface area (Å²) in [6.45, 7) is 4.57. The SMILES string of the molecule is COc1cc(C(=O)N(C)c2ccc(C)cc2OCCCCCC(=O)N2CCC(N(C)C)CC2)ccc1NC(=O)c1ccc(OCc2ccccc2)cc1. The number of carbonyl (C=O) groups is 3. The van der Waals surface area contributed by atoms with Gasteiger partial charge in [-0.05, 0) is 119 Å². The molecule has 1 aliphatic heterocycles. The third-order valence-corrected chi connectivity index (χ3v) is 9.68. The van der Waals surface area contributed by atoms with E-state index in [9.17, 15) is 14.4 Å². The first-order valence-electron chi connectivity index (χ1n) is 18.3. The lowest BCUT2D eigenvalue weighted by atomic mass is 10.0. The molecule has 1 aliphatic rings. The summed E-state index contributed by atoms with van der Waals surface area (Å²) in [7, 11) is 7.42. The number of likely N-dealkylation sites (tertiary alicyclic amines) is 1. The minimum Gasteiger partial charge on any atom is -0.495 e. The number of aryl methyl sites for hydroxylation is 1. The van der Waals surface area contributed by atoms with Crippen molar-refractivity contribution in [3.8, 4) is 17.2 Å². The third-order valence-electron chi connectivity index (χ3n) is 9.68. The summed E-state index contributed by atoms with van der Waals surface area (Å²) in [5.41, 5.74) is 4.01. The predicted molar refractivity (Wildman–Crippen MR) is 209 cm³/mol. The normalized spacial score (nSPS) is 13.1. The summed E-state index contributed by atoms with van der Waals surface area (Å²) in [4.78, 5) is 45.3. The Bertz CT molecular complexity index is 1820. The monoisotopic (exact) mass is 720 g/mol. The number of hydrogen-bond acceptors (Lipinski definition) is 7. The Hall–Kier alpha value is -5.35. The fourth-order valence-corrected chi connectivity index (χ4v) is 6.41. The van der Waals surface area contributed by atoms with Crippen LogP contribution in [0.4, 0.5) is 11.4 Å². The van der Waals surface area contributed by atoms with Gasteiger partial charge in [-0.1, -0.05) is 36.4 Å². The van der Waals surface area contributed by atoms with E-state index in [-0.39, 0.29) is 17.7 Å². The van der Waals surface area contributed by atoms with Crippen molar-refractivity contribution >= 4 is 29.1 Å². The molecule has 0 aromatic heterocycles. The van der Waals surface area contributed by atoms with Crippen molar-refractivity contribution < 1.29 is 28.6 Å². The molecule has 0 unspecified atom stereocenters. The number of methoxy groups -OCH3 is 1. The van der Waals surface area contributed by atoms with Crippen LogP contribution in [0.2, 0.25) is 0 Å². The molecule has 3 amide bonds. The van der Waals surface area contributed by atoms with Crippen molar-refractivity contribution in [3.05, 3.63) is 113 Å². The molecule has 0 aliphatic carbocycles. The van der Waals surface area contributed by atoms with Gasteiger partial charge in [0, 0.05) is 43.7 Å². The van der Waals surface area contributed by atoms with Gasteiger partial charge in [-0.25, -0.2) is 0 Å². The number of benzene rings is 4. The summed E-state index contributed by atoms with van der Waals surface area (Å²) in [6.07, 6.45) is 5.13. The molecule has 1 saturated heterocycles. The van der Waals surface area contributed by atoms with Crippen LogP contribution < -0.4 is 24.4 Å². The Morgan fingerprint density at radius 2 is 1.51 bits per heavy atom. The number of piperidine rings is 1. The van der Waals surface area contributed by atoms with Crippen LogP contribution in [-0.2, 0) is 11.4 Å². The quantitative estimate of drug-likeness (QED) is 0.119. The maximum atomic E-state index is 13.7. The van der Waals surface area contributed by atoms with E-state index in [1.807, 2.05) is 60.4 Å². The lowest BCUT2D eigenvalue weighted by Crippen LogP contribution is -2.44. The van der Waals surface area contributed by atoms with Crippen LogP contribution in [0.1, 0.15) is 70.4 Å². The zero-order chi connectivity index (χ0) is 37.7. The van der Waals surface area contributed by atoms with Crippen molar-refractivity contribution in [2.24, 2.45) is 0 Å². The summed E-state index contributed by atoms with van der Waals surface area (Å²) in [5, 5.41) is 2.89. The molecule has 0 saturated carbocycles. The molecular formula is C43H52N4O6. The largest absolute Gasteiger partial charge is 0.495 e. The molecule has 0 radical (unpaired) electrons. The summed E-state index contributed by atoms with van der Waals surface area (Å²) >= 11 is 0. The molecule has 0 bridgehead atoms. The molecule has 53 heavy (non-hydrogen) atoms. The molecule has 10 heteroatoms. The molecule has 4 aromatic rings. The van der Waals surface area contributed by atoms with Gasteiger partial charge in [-0.3, -0.25) is 14.4 Å². The van der Waals surface area contributed by atoms with Crippen LogP contribution in [0.25, 0.3) is 0 Å². The van der Waals surface area contributed by atoms with Crippen LogP contribution in [0, 0.1) is 6.92 Å². The second-order valence-electron chi connectivity index (χ2n) is 13.7. The van der Waals surface area contributed by atoms with Crippen molar-refractivity contribution in [2.75, 3.05) is 58.2 Å². The topological polar surface area (TPSA) is 101 Å². The molecule has 4 aromatic carbocycles. The van der Waals surface area contributed by atoms with E-state index < -0.39 is 0 Å². The van der Waals surface area contributed by atoms with E-state index in [0.29, 0.717) is 65.4 Å². The predicted octanol–water partition coefficient (Wildman–Crippen LogP) is 7.60. The van der Waals surface area contributed by atoms with Crippen LogP contribution in [0.5, 0.6) is 17.2 Å². The average molecular weight is 721 g/mol. The molecule has 0 atom stereocenters. The highest BCUT2D eigenvalue weighted by atomic mass is 16.5. The van der Waals surface area contributed by atoms with E-state index in [1.165, 1.54) is 7.11 Å². The molecule has 280 valence electrons. The second kappa shape index (κ2) is 18.9. The standard InChI is InChI=1S/C43H52N4O6/c1-31-15-22-38(40(28-31)52-27-11-7-10-14-41(48)47-25-23-35(24-26-47)45(2)3)46(4)43(50)34-18-21-37(39(29-34)51-5)44-42(49)33-16-19-36(20-17-33)53-30-32-12-8-6-9-13-32/h6,8-9,12-13,15-22,28-29,35H,7,10-11,14,23-27,30H2,1-5H3,(H,44,49). The highest BCUT2D eigenvalue weighted by Gasteiger charge is 2.24. The van der Waals surface area contributed by atoms with Crippen LogP contribution in [-0.4, -0.2) is 81.5 Å². The Morgan fingerprint density at radius 3 is 2.21 bits per heavy atom. The van der Waals surface area contributed by atoms with Gasteiger partial charge in [0.05, 0.1) is 25.1 Å². The maximum absolute atomic E-state index is 13.7. The van der Waals surface area contributed by atoms with Gasteiger partial charge in [0.25, 0.3) is 11.8 Å². The smallest absolute Gasteiger partial charge is 0.258 e. The number of nitrogens with one attached hydrogen (secondary N) is 1. The number of carbonyl (C=O) groups excluding carboxylic acids is 3. The van der Waals surface area contributed by atoms with Gasteiger partial charge in [-0.15, -0.1) is 0 Å². The number of nitrogens with zero attached hydrogens (tertiary/aromatic N) is 3. The zero-order valence-corrected chi connectivity index (χ0v) is 31.6.